The molecule has 0 rings (SSSR count). The van der Waals surface area contributed by atoms with Gasteiger partial charge < -0.3 is 15.7 Å². The fourth-order valence-electron chi connectivity index (χ4n) is 0.916. The van der Waals surface area contributed by atoms with Crippen LogP contribution in [0.5, 0.6) is 0 Å². The summed E-state index contributed by atoms with van der Waals surface area (Å²) >= 11 is 0. The molecule has 0 aromatic heterocycles. The van der Waals surface area contributed by atoms with Gasteiger partial charge in [-0.15, -0.1) is 0 Å². The molecule has 4 heteroatoms. The third-order valence-electron chi connectivity index (χ3n) is 1.69. The third kappa shape index (κ3) is 6.12. The Morgan fingerprint density at radius 2 is 2.08 bits per heavy atom. The minimum absolute atomic E-state index is 0.573. The lowest BCUT2D eigenvalue weighted by molar-refractivity contribution is -0.138. The van der Waals surface area contributed by atoms with Crippen molar-refractivity contribution in [2.24, 2.45) is 5.73 Å². The summed E-state index contributed by atoms with van der Waals surface area (Å²) in [6, 6.07) is -0.688. The summed E-state index contributed by atoms with van der Waals surface area (Å²) in [7, 11) is 3.99. The van der Waals surface area contributed by atoms with Crippen LogP contribution >= 0.6 is 0 Å². The second-order valence-electron chi connectivity index (χ2n) is 3.24. The molecular formula is C8H18N2O2. The third-order valence-corrected chi connectivity index (χ3v) is 1.69. The summed E-state index contributed by atoms with van der Waals surface area (Å²) in [5.74, 6) is -0.903. The van der Waals surface area contributed by atoms with E-state index < -0.39 is 12.0 Å². The zero-order chi connectivity index (χ0) is 9.56. The molecule has 0 aliphatic carbocycles. The van der Waals surface area contributed by atoms with Gasteiger partial charge in [-0.25, -0.2) is 0 Å². The van der Waals surface area contributed by atoms with E-state index in [2.05, 4.69) is 4.90 Å². The summed E-state index contributed by atoms with van der Waals surface area (Å²) in [6.07, 6.45) is 2.46. The second-order valence-corrected chi connectivity index (χ2v) is 3.24. The fourth-order valence-corrected chi connectivity index (χ4v) is 0.916. The molecule has 0 bridgehead atoms. The zero-order valence-corrected chi connectivity index (χ0v) is 7.79. The molecule has 0 spiro atoms. The van der Waals surface area contributed by atoms with E-state index in [1.165, 1.54) is 0 Å². The number of nitrogens with two attached hydrogens (primary N) is 1. The molecule has 12 heavy (non-hydrogen) atoms. The Kier molecular flexibility index (Phi) is 5.66. The van der Waals surface area contributed by atoms with Gasteiger partial charge in [-0.1, -0.05) is 6.42 Å². The van der Waals surface area contributed by atoms with E-state index in [0.29, 0.717) is 6.42 Å². The first-order valence-corrected chi connectivity index (χ1v) is 4.17. The van der Waals surface area contributed by atoms with Crippen LogP contribution in [0.3, 0.4) is 0 Å². The van der Waals surface area contributed by atoms with Crippen LogP contribution in [0, 0.1) is 0 Å². The Balaban J connectivity index is 3.25. The van der Waals surface area contributed by atoms with Gasteiger partial charge in [0.1, 0.15) is 6.04 Å². The number of carboxylic acid groups (broad SMARTS) is 1. The summed E-state index contributed by atoms with van der Waals surface area (Å²) in [5.41, 5.74) is 5.32. The lowest BCUT2D eigenvalue weighted by atomic mass is 10.1. The molecule has 1 unspecified atom stereocenters. The number of nitrogens with zero attached hydrogens (tertiary/aromatic N) is 1. The summed E-state index contributed by atoms with van der Waals surface area (Å²) in [6.45, 7) is 0.992. The van der Waals surface area contributed by atoms with Crippen molar-refractivity contribution in [2.75, 3.05) is 20.6 Å². The zero-order valence-electron chi connectivity index (χ0n) is 7.79. The van der Waals surface area contributed by atoms with Gasteiger partial charge in [0.15, 0.2) is 0 Å². The molecule has 0 aliphatic rings. The van der Waals surface area contributed by atoms with E-state index in [-0.39, 0.29) is 0 Å². The smallest absolute Gasteiger partial charge is 0.320 e. The van der Waals surface area contributed by atoms with Gasteiger partial charge in [-0.05, 0) is 33.5 Å². The molecule has 4 nitrogen and oxygen atoms in total. The number of hydrogen-bond acceptors (Lipinski definition) is 3. The maximum absolute atomic E-state index is 10.3. The molecule has 0 aromatic rings. The van der Waals surface area contributed by atoms with Crippen LogP contribution in [0.2, 0.25) is 0 Å². The lowest BCUT2D eigenvalue weighted by Crippen LogP contribution is -2.30. The van der Waals surface area contributed by atoms with Crippen molar-refractivity contribution in [2.45, 2.75) is 25.3 Å². The van der Waals surface area contributed by atoms with Crippen molar-refractivity contribution in [3.05, 3.63) is 0 Å². The topological polar surface area (TPSA) is 66.6 Å². The Labute approximate surface area is 73.3 Å². The fraction of sp³-hybridized carbons (Fsp3) is 0.875. The molecule has 1 atom stereocenters. The van der Waals surface area contributed by atoms with Crippen molar-refractivity contribution in [1.82, 2.24) is 4.90 Å². The van der Waals surface area contributed by atoms with Gasteiger partial charge in [0.25, 0.3) is 0 Å². The predicted molar refractivity (Wildman–Crippen MR) is 48.0 cm³/mol. The van der Waals surface area contributed by atoms with E-state index in [9.17, 15) is 4.79 Å². The Morgan fingerprint density at radius 3 is 2.50 bits per heavy atom. The number of hydrogen-bond donors (Lipinski definition) is 2. The molecule has 0 saturated carbocycles. The van der Waals surface area contributed by atoms with Crippen LogP contribution in [-0.2, 0) is 4.79 Å². The van der Waals surface area contributed by atoms with E-state index >= 15 is 0 Å². The number of carboxylic acids is 1. The molecule has 72 valence electrons. The highest BCUT2D eigenvalue weighted by Crippen LogP contribution is 1.99. The molecule has 0 fully saturated rings. The average Bonchev–Trinajstić information content (AvgIpc) is 1.97. The van der Waals surface area contributed by atoms with Crippen LogP contribution in [0.25, 0.3) is 0 Å². The largest absolute Gasteiger partial charge is 0.480 e. The molecule has 0 saturated heterocycles. The SMILES string of the molecule is CN(C)CCCCC(N)C(=O)O. The van der Waals surface area contributed by atoms with Crippen LogP contribution in [0.4, 0.5) is 0 Å². The van der Waals surface area contributed by atoms with Crippen molar-refractivity contribution >= 4 is 5.97 Å². The maximum atomic E-state index is 10.3. The van der Waals surface area contributed by atoms with Gasteiger partial charge in [0.05, 0.1) is 0 Å². The molecular weight excluding hydrogens is 156 g/mol. The van der Waals surface area contributed by atoms with Gasteiger partial charge in [-0.2, -0.15) is 0 Å². The minimum atomic E-state index is -0.903. The maximum Gasteiger partial charge on any atom is 0.320 e. The summed E-state index contributed by atoms with van der Waals surface area (Å²) in [4.78, 5) is 12.4. The number of unbranched alkanes of at least 4 members (excludes halogenated alkanes) is 1. The van der Waals surface area contributed by atoms with Crippen molar-refractivity contribution in [3.63, 3.8) is 0 Å². The van der Waals surface area contributed by atoms with Crippen molar-refractivity contribution in [1.29, 1.82) is 0 Å². The van der Waals surface area contributed by atoms with E-state index in [0.717, 1.165) is 19.4 Å². The second kappa shape index (κ2) is 5.97. The molecule has 0 radical (unpaired) electrons. The lowest BCUT2D eigenvalue weighted by Gasteiger charge is -2.09. The number of rotatable bonds is 6. The Bertz CT molecular complexity index is 137. The Hall–Kier alpha value is -0.610. The van der Waals surface area contributed by atoms with Crippen LogP contribution in [-0.4, -0.2) is 42.7 Å². The first-order chi connectivity index (χ1) is 5.54. The van der Waals surface area contributed by atoms with Crippen molar-refractivity contribution < 1.29 is 9.90 Å². The van der Waals surface area contributed by atoms with E-state index in [1.807, 2.05) is 14.1 Å². The number of carbonyl (C=O) groups is 1. The molecule has 3 N–H and O–H groups in total. The monoisotopic (exact) mass is 174 g/mol. The first kappa shape index (κ1) is 11.4. The van der Waals surface area contributed by atoms with Crippen LogP contribution in [0.15, 0.2) is 0 Å². The summed E-state index contributed by atoms with van der Waals surface area (Å²) in [5, 5.41) is 8.46. The molecule has 0 amide bonds. The highest BCUT2D eigenvalue weighted by Gasteiger charge is 2.09. The average molecular weight is 174 g/mol. The van der Waals surface area contributed by atoms with Crippen molar-refractivity contribution in [3.8, 4) is 0 Å². The Morgan fingerprint density at radius 1 is 1.50 bits per heavy atom. The van der Waals surface area contributed by atoms with E-state index in [4.69, 9.17) is 10.8 Å². The molecule has 0 aromatic carbocycles. The quantitative estimate of drug-likeness (QED) is 0.562. The highest BCUT2D eigenvalue weighted by atomic mass is 16.4. The molecule has 0 aliphatic heterocycles. The minimum Gasteiger partial charge on any atom is -0.480 e. The van der Waals surface area contributed by atoms with Gasteiger partial charge in [0.2, 0.25) is 0 Å². The van der Waals surface area contributed by atoms with Crippen LogP contribution in [0.1, 0.15) is 19.3 Å². The first-order valence-electron chi connectivity index (χ1n) is 4.17. The summed E-state index contributed by atoms with van der Waals surface area (Å²) < 4.78 is 0. The van der Waals surface area contributed by atoms with E-state index in [1.54, 1.807) is 0 Å². The predicted octanol–water partition coefficient (Wildman–Crippen LogP) is 0.130. The highest BCUT2D eigenvalue weighted by molar-refractivity contribution is 5.72. The number of aliphatic carboxylic acids is 1. The normalized spacial score (nSPS) is 13.3. The van der Waals surface area contributed by atoms with Gasteiger partial charge in [0, 0.05) is 0 Å². The van der Waals surface area contributed by atoms with Gasteiger partial charge in [-0.3, -0.25) is 4.79 Å². The van der Waals surface area contributed by atoms with Gasteiger partial charge >= 0.3 is 5.97 Å². The van der Waals surface area contributed by atoms with Crippen LogP contribution < -0.4 is 5.73 Å². The standard InChI is InChI=1S/C8H18N2O2/c1-10(2)6-4-3-5-7(9)8(11)12/h7H,3-6,9H2,1-2H3,(H,11,12). The molecule has 0 heterocycles.